The van der Waals surface area contributed by atoms with Gasteiger partial charge >= 0.3 is 46.1 Å². The molecule has 0 aromatic heterocycles. The van der Waals surface area contributed by atoms with Crippen LogP contribution < -0.4 is 0 Å². The van der Waals surface area contributed by atoms with Crippen LogP contribution in [0.5, 0.6) is 0 Å². The maximum atomic E-state index is 8.52. The maximum Gasteiger partial charge on any atom is 3.00 e. The van der Waals surface area contributed by atoms with Crippen molar-refractivity contribution >= 4 is 107 Å². The molecule has 0 bridgehead atoms. The van der Waals surface area contributed by atoms with Gasteiger partial charge in [0.15, 0.2) is 0 Å². The fraction of sp³-hybridized carbons (Fsp3) is 0. The molecular weight excluding hydrogens is 475 g/mol. The molecule has 120 valence electrons. The standard InChI is InChI=1S/3Al.3ClH.3H2O4S/c;;;;;;3*1-5(2,3)4/h;;;3*1H;3*(H2,1,2,3,4)/q3*+3;;;;;;/p-9. The van der Waals surface area contributed by atoms with Gasteiger partial charge in [0, 0.05) is 31.2 Å². The molecule has 12 nitrogen and oxygen atoms in total. The minimum atomic E-state index is -5.17. The average Bonchev–Trinajstić information content (AvgIpc) is 1.66. The van der Waals surface area contributed by atoms with Crippen molar-refractivity contribution < 1.29 is 52.6 Å². The van der Waals surface area contributed by atoms with E-state index in [1.807, 2.05) is 0 Å². The molecule has 0 saturated carbocycles. The van der Waals surface area contributed by atoms with Crippen LogP contribution in [0.2, 0.25) is 0 Å². The normalized spacial score (nSPS) is 9.57. The van der Waals surface area contributed by atoms with Gasteiger partial charge in [-0.25, -0.2) is 30.1 Å². The van der Waals surface area contributed by atoms with E-state index in [4.69, 9.17) is 82.7 Å². The van der Waals surface area contributed by atoms with Crippen LogP contribution in [0.15, 0.2) is 0 Å². The summed E-state index contributed by atoms with van der Waals surface area (Å²) >= 11 is -1.72. The van der Waals surface area contributed by atoms with Crippen LogP contribution in [-0.2, 0) is 31.2 Å². The smallest absolute Gasteiger partial charge is 0.759 e. The molecule has 0 heterocycles. The van der Waals surface area contributed by atoms with E-state index in [0.717, 1.165) is 0 Å². The Kier molecular flexibility index (Phi) is 33.8. The quantitative estimate of drug-likeness (QED) is 0.192. The van der Waals surface area contributed by atoms with Crippen LogP contribution in [0.1, 0.15) is 0 Å². The van der Waals surface area contributed by atoms with Crippen LogP contribution >= 0.6 is 30.1 Å². The summed E-state index contributed by atoms with van der Waals surface area (Å²) in [6.07, 6.45) is 0. The number of halogens is 3. The second-order valence-electron chi connectivity index (χ2n) is 1.47. The third-order valence-corrected chi connectivity index (χ3v) is 0. The Hall–Kier alpha value is 2.08. The summed E-state index contributed by atoms with van der Waals surface area (Å²) in [6.45, 7) is 0. The predicted octanol–water partition coefficient (Wildman–Crippen LogP) is -3.09. The second kappa shape index (κ2) is 18.4. The third kappa shape index (κ3) is 2060. The van der Waals surface area contributed by atoms with E-state index in [-0.39, 0.29) is 34.7 Å². The van der Waals surface area contributed by atoms with Crippen molar-refractivity contribution in [3.8, 4) is 0 Å². The number of hydrogen-bond donors (Lipinski definition) is 0. The fourth-order valence-corrected chi connectivity index (χ4v) is 0. The molecule has 0 aliphatic rings. The van der Waals surface area contributed by atoms with E-state index in [9.17, 15) is 0 Å². The van der Waals surface area contributed by atoms with Crippen molar-refractivity contribution in [2.24, 2.45) is 0 Å². The predicted molar refractivity (Wildman–Crippen MR) is 66.2 cm³/mol. The minimum absolute atomic E-state index is 0. The zero-order chi connectivity index (χ0) is 17.1. The molecule has 0 aliphatic carbocycles. The summed E-state index contributed by atoms with van der Waals surface area (Å²) in [7, 11) is -0.667. The second-order valence-corrected chi connectivity index (χ2v) is 10.4. The van der Waals surface area contributed by atoms with Gasteiger partial charge in [0.2, 0.25) is 0 Å². The summed E-state index contributed by atoms with van der Waals surface area (Å²) in [6, 6.07) is 0. The van der Waals surface area contributed by atoms with Gasteiger partial charge in [-0.3, -0.25) is 25.3 Å². The molecule has 0 aliphatic heterocycles. The van der Waals surface area contributed by atoms with Gasteiger partial charge in [-0.15, -0.1) is 0 Å². The van der Waals surface area contributed by atoms with E-state index >= 15 is 0 Å². The Morgan fingerprint density at radius 1 is 0.524 bits per heavy atom. The first-order valence-electron chi connectivity index (χ1n) is 2.65. The molecule has 21 heavy (non-hydrogen) atoms. The first-order chi connectivity index (χ1) is 7.73. The molecule has 0 radical (unpaired) electrons. The summed E-state index contributed by atoms with van der Waals surface area (Å²) < 4.78 is 102. The third-order valence-electron chi connectivity index (χ3n) is 0. The molecule has 21 heteroatoms. The Morgan fingerprint density at radius 3 is 0.524 bits per heavy atom. The molecule has 0 aromatic rings. The molecule has 0 spiro atoms. The maximum absolute atomic E-state index is 8.52. The molecule has 0 unspecified atom stereocenters. The van der Waals surface area contributed by atoms with Gasteiger partial charge in [-0.05, 0) is 0 Å². The number of hydrogen-bond acceptors (Lipinski definition) is 12. The molecule has 0 amide bonds. The van der Waals surface area contributed by atoms with Gasteiger partial charge in [0.05, 0.1) is 0 Å². The van der Waals surface area contributed by atoms with Crippen molar-refractivity contribution in [2.45, 2.75) is 0 Å². The van der Waals surface area contributed by atoms with Crippen LogP contribution in [-0.4, -0.2) is 98.7 Å². The monoisotopic (exact) mass is 474 g/mol. The summed E-state index contributed by atoms with van der Waals surface area (Å²) in [5.41, 5.74) is 0. The van der Waals surface area contributed by atoms with Gasteiger partial charge in [0.1, 0.15) is 0 Å². The topological polar surface area (TPSA) is 241 Å². The Balaban J connectivity index is -0.0000000347. The molecule has 0 atom stereocenters. The first kappa shape index (κ1) is 38.6. The molecule has 0 aromatic carbocycles. The molecule has 0 N–H and O–H groups in total. The van der Waals surface area contributed by atoms with Gasteiger partial charge in [-0.2, -0.15) is 0 Å². The van der Waals surface area contributed by atoms with E-state index < -0.39 is 42.6 Å². The van der Waals surface area contributed by atoms with Crippen molar-refractivity contribution in [2.75, 3.05) is 0 Å². The largest absolute Gasteiger partial charge is 3.00 e. The summed E-state index contributed by atoms with van der Waals surface area (Å²) in [5.74, 6) is 0. The minimum Gasteiger partial charge on any atom is -0.759 e. The van der Waals surface area contributed by atoms with Crippen LogP contribution in [0.4, 0.5) is 0 Å². The fourth-order valence-electron chi connectivity index (χ4n) is 0. The zero-order valence-corrected chi connectivity index (χ0v) is 17.2. The van der Waals surface area contributed by atoms with Crippen LogP contribution in [0.25, 0.3) is 0 Å². The Labute approximate surface area is 158 Å². The van der Waals surface area contributed by atoms with Crippen LogP contribution in [0, 0.1) is 0 Å². The van der Waals surface area contributed by atoms with Crippen molar-refractivity contribution in [1.29, 1.82) is 0 Å². The zero-order valence-electron chi connectivity index (χ0n) is 8.99. The SMILES string of the molecule is O=S(=O)([O-])[O-].O=S(=O)([O-])[O-].O=S(=O)([O-])[O-].[Al+3].[Al+3].[Cl][Al]([Cl])[Cl]. The molecule has 0 saturated heterocycles. The van der Waals surface area contributed by atoms with Crippen LogP contribution in [0.3, 0.4) is 0 Å². The van der Waals surface area contributed by atoms with Crippen molar-refractivity contribution in [3.05, 3.63) is 0 Å². The molecule has 0 rings (SSSR count). The van der Waals surface area contributed by atoms with Gasteiger partial charge < -0.3 is 27.3 Å². The molecular formula is Al3Cl3O12S3. The van der Waals surface area contributed by atoms with E-state index in [0.29, 0.717) is 0 Å². The van der Waals surface area contributed by atoms with E-state index in [1.165, 1.54) is 0 Å². The Bertz CT molecular complexity index is 393. The Morgan fingerprint density at radius 2 is 0.524 bits per heavy atom. The van der Waals surface area contributed by atoms with Gasteiger partial charge in [0.25, 0.3) is 0 Å². The molecule has 0 fully saturated rings. The van der Waals surface area contributed by atoms with Crippen molar-refractivity contribution in [3.63, 3.8) is 0 Å². The van der Waals surface area contributed by atoms with Gasteiger partial charge in [-0.1, -0.05) is 0 Å². The summed E-state index contributed by atoms with van der Waals surface area (Å²) in [4.78, 5) is 0. The number of rotatable bonds is 0. The van der Waals surface area contributed by atoms with E-state index in [2.05, 4.69) is 0 Å². The van der Waals surface area contributed by atoms with E-state index in [1.54, 1.807) is 0 Å². The first-order valence-corrected chi connectivity index (χ1v) is 11.9. The average molecular weight is 475 g/mol. The summed E-state index contributed by atoms with van der Waals surface area (Å²) in [5, 5.41) is 0. The van der Waals surface area contributed by atoms with Crippen molar-refractivity contribution in [1.82, 2.24) is 0 Å².